The second-order valence-electron chi connectivity index (χ2n) is 23.4. The summed E-state index contributed by atoms with van der Waals surface area (Å²) in [6.07, 6.45) is 7.74. The van der Waals surface area contributed by atoms with E-state index in [4.69, 9.17) is 18.9 Å². The fourth-order valence-corrected chi connectivity index (χ4v) is 12.7. The molecule has 21 heteroatoms. The molecule has 1 saturated carbocycles. The van der Waals surface area contributed by atoms with E-state index in [0.717, 1.165) is 35.4 Å². The molecule has 20 nitrogen and oxygen atoms in total. The molecule has 440 valence electrons. The number of Topliss-reactive ketones (excluding diaryl/α,β-unsaturated/α-hetero) is 3. The number of benzene rings is 1. The summed E-state index contributed by atoms with van der Waals surface area (Å²) in [5, 5.41) is 51.1. The Morgan fingerprint density at radius 3 is 2.21 bits per heavy atom. The Bertz CT molecular complexity index is 3330. The number of ketones is 3. The summed E-state index contributed by atoms with van der Waals surface area (Å²) in [6, 6.07) is 1.38. The van der Waals surface area contributed by atoms with Crippen molar-refractivity contribution >= 4 is 46.4 Å². The number of halogens is 1. The van der Waals surface area contributed by atoms with Gasteiger partial charge < -0.3 is 59.8 Å². The molecule has 82 heavy (non-hydrogen) atoms. The van der Waals surface area contributed by atoms with Crippen molar-refractivity contribution in [2.75, 3.05) is 44.7 Å². The first kappa shape index (κ1) is 59.4. The van der Waals surface area contributed by atoms with Gasteiger partial charge in [-0.25, -0.2) is 9.18 Å². The van der Waals surface area contributed by atoms with Crippen molar-refractivity contribution in [2.24, 2.45) is 29.6 Å². The quantitative estimate of drug-likeness (QED) is 0.131. The van der Waals surface area contributed by atoms with Crippen LogP contribution >= 0.6 is 0 Å². The summed E-state index contributed by atoms with van der Waals surface area (Å²) in [4.78, 5) is 101. The van der Waals surface area contributed by atoms with E-state index in [0.29, 0.717) is 49.2 Å². The highest BCUT2D eigenvalue weighted by Crippen LogP contribution is 2.50. The minimum atomic E-state index is -2.14. The maximum Gasteiger partial charge on any atom is 0.341 e. The normalized spacial score (nSPS) is 30.0. The predicted molar refractivity (Wildman–Crippen MR) is 298 cm³/mol. The molecule has 0 radical (unpaired) electrons. The van der Waals surface area contributed by atoms with Crippen LogP contribution in [0.15, 0.2) is 64.6 Å². The fourth-order valence-electron chi connectivity index (χ4n) is 12.7. The molecule has 7 aliphatic rings. The highest BCUT2D eigenvalue weighted by Gasteiger charge is 2.53. The van der Waals surface area contributed by atoms with Gasteiger partial charge in [0.2, 0.25) is 11.6 Å². The third-order valence-corrected chi connectivity index (χ3v) is 17.7. The third kappa shape index (κ3) is 10.9. The molecule has 5 bridgehead atoms. The van der Waals surface area contributed by atoms with Crippen LogP contribution in [0.5, 0.6) is 11.5 Å². The van der Waals surface area contributed by atoms with Crippen LogP contribution in [-0.4, -0.2) is 141 Å². The number of aromatic carboxylic acids is 1. The van der Waals surface area contributed by atoms with Crippen LogP contribution in [0.2, 0.25) is 0 Å². The molecule has 1 aromatic carbocycles. The SMILES string of the molecule is CO[C@H]1/C=C/O[C@@]2(C)Oc3c(C)c(O)c4c(c3C2=O)C(=O)C(N2CCC(NC[C@H]3CCN(c5c(F)cn6c(=O)c(C(=O)O)cc(C7CC7)c6c5C)C3)CC2)=C(NC(=O)/C(C)=C\C=C\[C@@H](C)[C@H](O)[C@@H](C)[C@H](O)[C@@H](C)[C@@H](OC(C)=O)[C@@H]1C)C4=O. The van der Waals surface area contributed by atoms with Gasteiger partial charge in [0, 0.05) is 88.0 Å². The monoisotopic (exact) mass is 1140 g/mol. The van der Waals surface area contributed by atoms with E-state index < -0.39 is 129 Å². The molecule has 3 aromatic rings. The number of carboxylic acid groups (broad SMARTS) is 1. The van der Waals surface area contributed by atoms with Crippen LogP contribution in [0.1, 0.15) is 145 Å². The molecule has 0 spiro atoms. The number of rotatable bonds is 9. The van der Waals surface area contributed by atoms with Gasteiger partial charge in [0.25, 0.3) is 17.2 Å². The van der Waals surface area contributed by atoms with Crippen molar-refractivity contribution in [1.29, 1.82) is 0 Å². The van der Waals surface area contributed by atoms with Crippen molar-refractivity contribution in [3.05, 3.63) is 115 Å². The van der Waals surface area contributed by atoms with Gasteiger partial charge in [-0.2, -0.15) is 0 Å². The predicted octanol–water partition coefficient (Wildman–Crippen LogP) is 6.17. The number of phenolic OH excluding ortho intramolecular Hbond substituents is 1. The number of anilines is 1. The highest BCUT2D eigenvalue weighted by atomic mass is 19.1. The molecule has 3 fully saturated rings. The number of aliphatic hydroxyl groups excluding tert-OH is 2. The maximum absolute atomic E-state index is 16.1. The number of phenols is 1. The van der Waals surface area contributed by atoms with E-state index in [-0.39, 0.29) is 59.1 Å². The van der Waals surface area contributed by atoms with Gasteiger partial charge in [0.1, 0.15) is 34.6 Å². The number of aryl methyl sites for hydroxylation is 1. The Hall–Kier alpha value is -7.20. The van der Waals surface area contributed by atoms with Crippen molar-refractivity contribution < 1.29 is 72.5 Å². The van der Waals surface area contributed by atoms with Crippen molar-refractivity contribution in [2.45, 2.75) is 137 Å². The lowest BCUT2D eigenvalue weighted by atomic mass is 9.78. The zero-order valence-electron chi connectivity index (χ0n) is 48.0. The Balaban J connectivity index is 0.989. The van der Waals surface area contributed by atoms with E-state index in [1.165, 1.54) is 59.3 Å². The van der Waals surface area contributed by atoms with Gasteiger partial charge in [0.05, 0.1) is 58.7 Å². The van der Waals surface area contributed by atoms with E-state index in [1.54, 1.807) is 51.7 Å². The zero-order valence-corrected chi connectivity index (χ0v) is 48.0. The minimum absolute atomic E-state index is 0.0310. The molecule has 6 N–H and O–H groups in total. The number of methoxy groups -OCH3 is 1. The number of carboxylic acids is 1. The molecule has 2 aliphatic carbocycles. The number of carbonyl (C=O) groups excluding carboxylic acids is 5. The number of aromatic hydroxyl groups is 1. The van der Waals surface area contributed by atoms with E-state index >= 15 is 14.0 Å². The number of piperidine rings is 1. The number of ether oxygens (including phenoxy) is 4. The van der Waals surface area contributed by atoms with Crippen molar-refractivity contribution in [3.8, 4) is 11.5 Å². The van der Waals surface area contributed by atoms with E-state index in [9.17, 15) is 44.4 Å². The Kier molecular flexibility index (Phi) is 16.8. The Morgan fingerprint density at radius 2 is 1.56 bits per heavy atom. The van der Waals surface area contributed by atoms with Gasteiger partial charge in [0.15, 0.2) is 5.82 Å². The van der Waals surface area contributed by atoms with Gasteiger partial charge in [-0.1, -0.05) is 45.9 Å². The lowest BCUT2D eigenvalue weighted by Crippen LogP contribution is -2.47. The number of nitrogens with zero attached hydrogens (tertiary/aromatic N) is 3. The van der Waals surface area contributed by atoms with Crippen LogP contribution in [0, 0.1) is 49.3 Å². The number of esters is 1. The number of fused-ring (bicyclic) bond motifs is 15. The minimum Gasteiger partial charge on any atom is -0.507 e. The smallest absolute Gasteiger partial charge is 0.341 e. The first-order valence-corrected chi connectivity index (χ1v) is 28.2. The zero-order chi connectivity index (χ0) is 59.5. The number of carbonyl (C=O) groups is 6. The Labute approximate surface area is 474 Å². The Morgan fingerprint density at radius 1 is 0.878 bits per heavy atom. The second-order valence-corrected chi connectivity index (χ2v) is 23.4. The largest absolute Gasteiger partial charge is 0.507 e. The van der Waals surface area contributed by atoms with Crippen LogP contribution in [0.3, 0.4) is 0 Å². The van der Waals surface area contributed by atoms with Gasteiger partial charge in [-0.15, -0.1) is 0 Å². The number of nitrogens with one attached hydrogen (secondary N) is 2. The summed E-state index contributed by atoms with van der Waals surface area (Å²) >= 11 is 0. The lowest BCUT2D eigenvalue weighted by molar-refractivity contribution is -0.160. The molecule has 10 rings (SSSR count). The molecule has 2 saturated heterocycles. The summed E-state index contributed by atoms with van der Waals surface area (Å²) in [5.41, 5.74) is -0.634. The van der Waals surface area contributed by atoms with Gasteiger partial charge >= 0.3 is 17.7 Å². The number of allylic oxidation sites excluding steroid dienone is 4. The molecule has 10 atom stereocenters. The number of hydrogen-bond donors (Lipinski definition) is 6. The van der Waals surface area contributed by atoms with E-state index in [1.807, 2.05) is 4.90 Å². The van der Waals surface area contributed by atoms with Crippen LogP contribution in [0.25, 0.3) is 5.52 Å². The number of aromatic nitrogens is 1. The van der Waals surface area contributed by atoms with Crippen LogP contribution in [-0.2, 0) is 23.8 Å². The number of pyridine rings is 2. The second kappa shape index (κ2) is 23.2. The summed E-state index contributed by atoms with van der Waals surface area (Å²) in [5.74, 6) is -11.3. The van der Waals surface area contributed by atoms with Crippen LogP contribution < -0.4 is 25.8 Å². The number of hydrogen-bond acceptors (Lipinski definition) is 17. The van der Waals surface area contributed by atoms with Crippen molar-refractivity contribution in [3.63, 3.8) is 0 Å². The third-order valence-electron chi connectivity index (χ3n) is 17.7. The van der Waals surface area contributed by atoms with Gasteiger partial charge in [-0.3, -0.25) is 33.2 Å². The van der Waals surface area contributed by atoms with Crippen molar-refractivity contribution in [1.82, 2.24) is 19.9 Å². The number of likely N-dealkylation sites (tertiary alicyclic amines) is 1. The molecular weight excluding hydrogens is 1060 g/mol. The summed E-state index contributed by atoms with van der Waals surface area (Å²) < 4.78 is 41.1. The van der Waals surface area contributed by atoms with Gasteiger partial charge in [-0.05, 0) is 94.5 Å². The first-order chi connectivity index (χ1) is 38.8. The lowest BCUT2D eigenvalue weighted by Gasteiger charge is -2.38. The molecular formula is C61H74FN5O15. The average Bonchev–Trinajstić information content (AvgIpc) is 1.70. The molecule has 1 amide bonds. The average molecular weight is 1140 g/mol. The topological polar surface area (TPSA) is 272 Å². The molecule has 7 heterocycles. The molecule has 2 aromatic heterocycles. The maximum atomic E-state index is 16.1. The summed E-state index contributed by atoms with van der Waals surface area (Å²) in [6.45, 7) is 16.2. The first-order valence-electron chi connectivity index (χ1n) is 28.2. The van der Waals surface area contributed by atoms with Crippen LogP contribution in [0.4, 0.5) is 10.1 Å². The number of aliphatic hydroxyl groups is 2. The molecule has 0 unspecified atom stereocenters. The standard InChI is InChI=1S/C61H74FN5O15/c1-28-12-11-13-29(2)58(75)64-46-49(65-21-17-38(18-22-65)63-25-36-16-20-66(26-36)48-31(4)47-39(37-14-15-37)24-40(60(77)78)59(76)67(47)27-41(48)62)54(73)43-44(53(46)72)52(71)34(7)56-45(43)57(74)61(9,82-56)80-23-19-42(79-10)30(3)55(81-35(8)68)33(6)51(70)32(5)50(28)69/h11-13,19,23-24,27-28,30,32-33,36-38,42,50-51,55,63,69-71H,14-18,20-22,25-26H2,1-10H3,(H,64,75)(H,77,78)/b12-11+,23-19+,29-13-/t28-,30-,32-,33-,36-,42+,50+,51+,55+,61+/m1/s1. The summed E-state index contributed by atoms with van der Waals surface area (Å²) in [7, 11) is 1.42. The number of amides is 1. The highest BCUT2D eigenvalue weighted by molar-refractivity contribution is 6.32. The molecule has 5 aliphatic heterocycles. The fraction of sp³-hybridized carbons (Fsp3) is 0.525. The van der Waals surface area contributed by atoms with E-state index in [2.05, 4.69) is 10.6 Å².